The number of hydrogen-bond donors (Lipinski definition) is 1. The predicted molar refractivity (Wildman–Crippen MR) is 98.0 cm³/mol. The maximum Gasteiger partial charge on any atom is 0.387 e. The highest BCUT2D eigenvalue weighted by molar-refractivity contribution is 7.99. The quantitative estimate of drug-likeness (QED) is 0.649. The Kier molecular flexibility index (Phi) is 5.97. The highest BCUT2D eigenvalue weighted by atomic mass is 32.2. The highest BCUT2D eigenvalue weighted by Gasteiger charge is 2.12. The first kappa shape index (κ1) is 18.8. The van der Waals surface area contributed by atoms with Crippen molar-refractivity contribution in [3.63, 3.8) is 0 Å². The number of carbonyl (C=O) groups excluding carboxylic acids is 2. The van der Waals surface area contributed by atoms with Crippen molar-refractivity contribution in [2.75, 3.05) is 5.75 Å². The molecule has 0 spiro atoms. The molecule has 1 heterocycles. The molecule has 1 N–H and O–H groups in total. The summed E-state index contributed by atoms with van der Waals surface area (Å²) in [6.07, 6.45) is 0. The molecular weight excluding hydrogens is 374 g/mol. The summed E-state index contributed by atoms with van der Waals surface area (Å²) < 4.78 is 28.4. The molecule has 0 atom stereocenters. The Balaban J connectivity index is 1.54. The van der Waals surface area contributed by atoms with E-state index in [0.29, 0.717) is 5.03 Å². The second-order valence-electron chi connectivity index (χ2n) is 5.41. The summed E-state index contributed by atoms with van der Waals surface area (Å²) in [7, 11) is 0. The SMILES string of the molecule is O=C(CSc1ccc2ccccc2n1)NC(=O)c1ccc(OC(F)F)cc1. The Morgan fingerprint density at radius 1 is 1.04 bits per heavy atom. The Labute approximate surface area is 157 Å². The number of halogens is 2. The molecule has 0 unspecified atom stereocenters. The van der Waals surface area contributed by atoms with Gasteiger partial charge in [-0.15, -0.1) is 0 Å². The maximum atomic E-state index is 12.1. The molecule has 0 bridgehead atoms. The van der Waals surface area contributed by atoms with Gasteiger partial charge in [0, 0.05) is 10.9 Å². The number of imide groups is 1. The number of alkyl halides is 2. The van der Waals surface area contributed by atoms with E-state index < -0.39 is 18.4 Å². The first-order chi connectivity index (χ1) is 13.0. The molecule has 0 aliphatic rings. The van der Waals surface area contributed by atoms with Crippen LogP contribution in [0.3, 0.4) is 0 Å². The molecular formula is C19H14F2N2O3S. The molecule has 0 fully saturated rings. The number of pyridine rings is 1. The number of carbonyl (C=O) groups is 2. The number of nitrogens with one attached hydrogen (secondary N) is 1. The molecule has 3 aromatic rings. The summed E-state index contributed by atoms with van der Waals surface area (Å²) in [6.45, 7) is -2.94. The van der Waals surface area contributed by atoms with Crippen LogP contribution in [-0.2, 0) is 4.79 Å². The lowest BCUT2D eigenvalue weighted by Gasteiger charge is -2.07. The molecule has 0 saturated heterocycles. The van der Waals surface area contributed by atoms with Crippen LogP contribution < -0.4 is 10.1 Å². The van der Waals surface area contributed by atoms with Crippen molar-refractivity contribution in [1.29, 1.82) is 0 Å². The number of thioether (sulfide) groups is 1. The number of aromatic nitrogens is 1. The molecule has 2 amide bonds. The number of fused-ring (bicyclic) bond motifs is 1. The second-order valence-corrected chi connectivity index (χ2v) is 6.41. The number of hydrogen-bond acceptors (Lipinski definition) is 5. The average molecular weight is 388 g/mol. The van der Waals surface area contributed by atoms with E-state index in [-0.39, 0.29) is 17.1 Å². The van der Waals surface area contributed by atoms with Crippen molar-refractivity contribution in [2.24, 2.45) is 0 Å². The van der Waals surface area contributed by atoms with Crippen molar-refractivity contribution < 1.29 is 23.1 Å². The lowest BCUT2D eigenvalue weighted by atomic mass is 10.2. The largest absolute Gasteiger partial charge is 0.435 e. The molecule has 3 rings (SSSR count). The standard InChI is InChI=1S/C19H14F2N2O3S/c20-19(21)26-14-8-5-13(6-9-14)18(25)23-16(24)11-27-17-10-7-12-3-1-2-4-15(12)22-17/h1-10,19H,11H2,(H,23,24,25). The van der Waals surface area contributed by atoms with Gasteiger partial charge in [0.1, 0.15) is 5.75 Å². The minimum atomic E-state index is -2.94. The third-order valence-corrected chi connectivity index (χ3v) is 4.45. The number of ether oxygens (including phenoxy) is 1. The molecule has 138 valence electrons. The molecule has 0 aliphatic carbocycles. The van der Waals surface area contributed by atoms with Crippen LogP contribution in [0.2, 0.25) is 0 Å². The van der Waals surface area contributed by atoms with Gasteiger partial charge in [0.05, 0.1) is 16.3 Å². The van der Waals surface area contributed by atoms with Gasteiger partial charge in [-0.1, -0.05) is 36.0 Å². The summed E-state index contributed by atoms with van der Waals surface area (Å²) >= 11 is 1.21. The van der Waals surface area contributed by atoms with Crippen LogP contribution in [0.5, 0.6) is 5.75 Å². The third kappa shape index (κ3) is 5.24. The highest BCUT2D eigenvalue weighted by Crippen LogP contribution is 2.20. The predicted octanol–water partition coefficient (Wildman–Crippen LogP) is 3.88. The summed E-state index contributed by atoms with van der Waals surface area (Å²) in [5, 5.41) is 3.92. The van der Waals surface area contributed by atoms with E-state index in [4.69, 9.17) is 0 Å². The smallest absolute Gasteiger partial charge is 0.387 e. The van der Waals surface area contributed by atoms with E-state index in [1.165, 1.54) is 36.0 Å². The molecule has 0 saturated carbocycles. The molecule has 8 heteroatoms. The Morgan fingerprint density at radius 3 is 2.52 bits per heavy atom. The van der Waals surface area contributed by atoms with Crippen LogP contribution in [0.15, 0.2) is 65.7 Å². The van der Waals surface area contributed by atoms with Crippen LogP contribution in [0.25, 0.3) is 10.9 Å². The van der Waals surface area contributed by atoms with Gasteiger partial charge in [-0.25, -0.2) is 4.98 Å². The second kappa shape index (κ2) is 8.59. The third-order valence-electron chi connectivity index (χ3n) is 3.52. The van der Waals surface area contributed by atoms with E-state index in [1.807, 2.05) is 36.4 Å². The van der Waals surface area contributed by atoms with E-state index >= 15 is 0 Å². The lowest BCUT2D eigenvalue weighted by Crippen LogP contribution is -2.31. The lowest BCUT2D eigenvalue weighted by molar-refractivity contribution is -0.117. The van der Waals surface area contributed by atoms with Crippen molar-refractivity contribution in [3.8, 4) is 5.75 Å². The van der Waals surface area contributed by atoms with Crippen LogP contribution in [-0.4, -0.2) is 29.2 Å². The number of nitrogens with zero attached hydrogens (tertiary/aromatic N) is 1. The summed E-state index contributed by atoms with van der Waals surface area (Å²) in [5.41, 5.74) is 0.990. The number of amides is 2. The van der Waals surface area contributed by atoms with E-state index in [0.717, 1.165) is 10.9 Å². The monoisotopic (exact) mass is 388 g/mol. The average Bonchev–Trinajstić information content (AvgIpc) is 2.66. The van der Waals surface area contributed by atoms with Gasteiger partial charge in [0.2, 0.25) is 5.91 Å². The van der Waals surface area contributed by atoms with E-state index in [9.17, 15) is 18.4 Å². The van der Waals surface area contributed by atoms with Gasteiger partial charge in [-0.2, -0.15) is 8.78 Å². The van der Waals surface area contributed by atoms with Crippen LogP contribution >= 0.6 is 11.8 Å². The van der Waals surface area contributed by atoms with Crippen molar-refractivity contribution in [1.82, 2.24) is 10.3 Å². The molecule has 2 aromatic carbocycles. The number of benzene rings is 2. The zero-order valence-corrected chi connectivity index (χ0v) is 14.7. The Morgan fingerprint density at radius 2 is 1.78 bits per heavy atom. The fourth-order valence-corrected chi connectivity index (χ4v) is 2.97. The van der Waals surface area contributed by atoms with E-state index in [1.54, 1.807) is 0 Å². The molecule has 5 nitrogen and oxygen atoms in total. The first-order valence-electron chi connectivity index (χ1n) is 7.89. The van der Waals surface area contributed by atoms with Gasteiger partial charge >= 0.3 is 6.61 Å². The maximum absolute atomic E-state index is 12.1. The van der Waals surface area contributed by atoms with Crippen LogP contribution in [0, 0.1) is 0 Å². The van der Waals surface area contributed by atoms with Crippen LogP contribution in [0.1, 0.15) is 10.4 Å². The van der Waals surface area contributed by atoms with Gasteiger partial charge in [-0.3, -0.25) is 14.9 Å². The molecule has 27 heavy (non-hydrogen) atoms. The zero-order valence-electron chi connectivity index (χ0n) is 13.9. The van der Waals surface area contributed by atoms with Gasteiger partial charge < -0.3 is 4.74 Å². The van der Waals surface area contributed by atoms with Crippen molar-refractivity contribution in [3.05, 3.63) is 66.2 Å². The van der Waals surface area contributed by atoms with Gasteiger partial charge in [0.15, 0.2) is 0 Å². The number of para-hydroxylation sites is 1. The van der Waals surface area contributed by atoms with Crippen molar-refractivity contribution in [2.45, 2.75) is 11.6 Å². The first-order valence-corrected chi connectivity index (χ1v) is 8.87. The fraction of sp³-hybridized carbons (Fsp3) is 0.105. The minimum Gasteiger partial charge on any atom is -0.435 e. The van der Waals surface area contributed by atoms with Crippen LogP contribution in [0.4, 0.5) is 8.78 Å². The molecule has 1 aromatic heterocycles. The zero-order chi connectivity index (χ0) is 19.2. The van der Waals surface area contributed by atoms with Crippen molar-refractivity contribution >= 4 is 34.5 Å². The summed E-state index contributed by atoms with van der Waals surface area (Å²) in [5.74, 6) is -1.14. The normalized spacial score (nSPS) is 10.8. The topological polar surface area (TPSA) is 68.3 Å². The number of rotatable bonds is 6. The van der Waals surface area contributed by atoms with Gasteiger partial charge in [0.25, 0.3) is 5.91 Å². The summed E-state index contributed by atoms with van der Waals surface area (Å²) in [4.78, 5) is 28.4. The molecule has 0 aliphatic heterocycles. The van der Waals surface area contributed by atoms with E-state index in [2.05, 4.69) is 15.0 Å². The fourth-order valence-electron chi connectivity index (χ4n) is 2.29. The minimum absolute atomic E-state index is 0.0175. The Hall–Kier alpha value is -3.00. The Bertz CT molecular complexity index is 965. The summed E-state index contributed by atoms with van der Waals surface area (Å²) in [6, 6.07) is 16.4. The van der Waals surface area contributed by atoms with Gasteiger partial charge in [-0.05, 0) is 36.4 Å². The molecule has 0 radical (unpaired) electrons.